The number of ether oxygens (including phenoxy) is 1. The van der Waals surface area contributed by atoms with Crippen LogP contribution in [0.5, 0.6) is 0 Å². The van der Waals surface area contributed by atoms with E-state index in [9.17, 15) is 4.39 Å². The van der Waals surface area contributed by atoms with Crippen molar-refractivity contribution in [3.05, 3.63) is 35.6 Å². The first-order valence-corrected chi connectivity index (χ1v) is 5.74. The van der Waals surface area contributed by atoms with Crippen LogP contribution in [0.4, 0.5) is 4.39 Å². The Bertz CT molecular complexity index is 315. The maximum absolute atomic E-state index is 13.1. The van der Waals surface area contributed by atoms with Crippen molar-refractivity contribution in [1.29, 1.82) is 0 Å². The van der Waals surface area contributed by atoms with Gasteiger partial charge in [-0.1, -0.05) is 19.1 Å². The molecule has 0 heterocycles. The van der Waals surface area contributed by atoms with Crippen LogP contribution < -0.4 is 5.32 Å². The SMILES string of the molecule is CCNC(COC(C)C)c1cccc(F)c1. The molecular formula is C13H20FNO. The third kappa shape index (κ3) is 4.29. The fourth-order valence-corrected chi connectivity index (χ4v) is 1.53. The highest BCUT2D eigenvalue weighted by Gasteiger charge is 2.11. The molecule has 1 unspecified atom stereocenters. The average Bonchev–Trinajstić information content (AvgIpc) is 2.24. The summed E-state index contributed by atoms with van der Waals surface area (Å²) in [6.45, 7) is 7.42. The van der Waals surface area contributed by atoms with Gasteiger partial charge in [-0.2, -0.15) is 0 Å². The lowest BCUT2D eigenvalue weighted by molar-refractivity contribution is 0.0614. The molecule has 1 rings (SSSR count). The fraction of sp³-hybridized carbons (Fsp3) is 0.538. The summed E-state index contributed by atoms with van der Waals surface area (Å²) in [5.41, 5.74) is 0.933. The van der Waals surface area contributed by atoms with Crippen LogP contribution in [0.1, 0.15) is 32.4 Å². The maximum atomic E-state index is 13.1. The number of benzene rings is 1. The van der Waals surface area contributed by atoms with Crippen molar-refractivity contribution in [2.24, 2.45) is 0 Å². The quantitative estimate of drug-likeness (QED) is 0.803. The highest BCUT2D eigenvalue weighted by Crippen LogP contribution is 2.15. The number of halogens is 1. The Labute approximate surface area is 96.8 Å². The predicted octanol–water partition coefficient (Wildman–Crippen LogP) is 2.90. The topological polar surface area (TPSA) is 21.3 Å². The van der Waals surface area contributed by atoms with Crippen LogP contribution in [0.25, 0.3) is 0 Å². The van der Waals surface area contributed by atoms with Crippen LogP contribution in [-0.2, 0) is 4.74 Å². The zero-order valence-corrected chi connectivity index (χ0v) is 10.2. The summed E-state index contributed by atoms with van der Waals surface area (Å²) in [5.74, 6) is -0.204. The van der Waals surface area contributed by atoms with E-state index >= 15 is 0 Å². The Morgan fingerprint density at radius 3 is 2.69 bits per heavy atom. The molecule has 1 N–H and O–H groups in total. The Kier molecular flexibility index (Phi) is 5.43. The molecule has 3 heteroatoms. The largest absolute Gasteiger partial charge is 0.377 e. The van der Waals surface area contributed by atoms with Gasteiger partial charge in [-0.25, -0.2) is 4.39 Å². The van der Waals surface area contributed by atoms with Gasteiger partial charge in [0.2, 0.25) is 0 Å². The molecule has 0 aliphatic heterocycles. The molecule has 90 valence electrons. The Balaban J connectivity index is 2.68. The van der Waals surface area contributed by atoms with Crippen molar-refractivity contribution < 1.29 is 9.13 Å². The van der Waals surface area contributed by atoms with Crippen molar-refractivity contribution in [3.8, 4) is 0 Å². The first kappa shape index (κ1) is 13.1. The summed E-state index contributed by atoms with van der Waals surface area (Å²) >= 11 is 0. The van der Waals surface area contributed by atoms with Gasteiger partial charge >= 0.3 is 0 Å². The first-order valence-electron chi connectivity index (χ1n) is 5.74. The maximum Gasteiger partial charge on any atom is 0.123 e. The lowest BCUT2D eigenvalue weighted by Gasteiger charge is -2.20. The third-order valence-electron chi connectivity index (χ3n) is 2.30. The summed E-state index contributed by atoms with van der Waals surface area (Å²) in [6.07, 6.45) is 0.190. The average molecular weight is 225 g/mol. The molecule has 1 atom stereocenters. The highest BCUT2D eigenvalue weighted by atomic mass is 19.1. The number of nitrogens with one attached hydrogen (secondary N) is 1. The van der Waals surface area contributed by atoms with E-state index in [0.29, 0.717) is 6.61 Å². The van der Waals surface area contributed by atoms with Crippen LogP contribution in [-0.4, -0.2) is 19.3 Å². The van der Waals surface area contributed by atoms with Gasteiger partial charge in [-0.05, 0) is 38.1 Å². The Morgan fingerprint density at radius 2 is 2.12 bits per heavy atom. The molecule has 16 heavy (non-hydrogen) atoms. The molecule has 0 aromatic heterocycles. The van der Waals surface area contributed by atoms with E-state index in [1.54, 1.807) is 12.1 Å². The van der Waals surface area contributed by atoms with E-state index in [2.05, 4.69) is 5.32 Å². The minimum absolute atomic E-state index is 0.0584. The highest BCUT2D eigenvalue weighted by molar-refractivity contribution is 5.20. The van der Waals surface area contributed by atoms with E-state index in [0.717, 1.165) is 12.1 Å². The van der Waals surface area contributed by atoms with Gasteiger partial charge in [0.05, 0.1) is 18.8 Å². The summed E-state index contributed by atoms with van der Waals surface area (Å²) in [5, 5.41) is 3.29. The van der Waals surface area contributed by atoms with Crippen molar-refractivity contribution in [2.45, 2.75) is 32.9 Å². The van der Waals surface area contributed by atoms with Crippen molar-refractivity contribution in [3.63, 3.8) is 0 Å². The summed E-state index contributed by atoms with van der Waals surface area (Å²) in [4.78, 5) is 0. The van der Waals surface area contributed by atoms with Gasteiger partial charge in [0.25, 0.3) is 0 Å². The fourth-order valence-electron chi connectivity index (χ4n) is 1.53. The molecule has 0 amide bonds. The van der Waals surface area contributed by atoms with Crippen LogP contribution in [0.15, 0.2) is 24.3 Å². The van der Waals surface area contributed by atoms with Crippen LogP contribution >= 0.6 is 0 Å². The zero-order valence-electron chi connectivity index (χ0n) is 10.2. The molecular weight excluding hydrogens is 205 g/mol. The monoisotopic (exact) mass is 225 g/mol. The lowest BCUT2D eigenvalue weighted by Crippen LogP contribution is -2.26. The predicted molar refractivity (Wildman–Crippen MR) is 63.9 cm³/mol. The normalized spacial score (nSPS) is 13.1. The molecule has 0 spiro atoms. The van der Waals surface area contributed by atoms with Gasteiger partial charge < -0.3 is 10.1 Å². The van der Waals surface area contributed by atoms with E-state index in [-0.39, 0.29) is 18.0 Å². The van der Waals surface area contributed by atoms with Crippen molar-refractivity contribution >= 4 is 0 Å². The molecule has 0 bridgehead atoms. The number of hydrogen-bond acceptors (Lipinski definition) is 2. The molecule has 0 radical (unpaired) electrons. The molecule has 1 aromatic rings. The van der Waals surface area contributed by atoms with Gasteiger partial charge in [0.15, 0.2) is 0 Å². The molecule has 0 aliphatic carbocycles. The minimum atomic E-state index is -0.204. The first-order chi connectivity index (χ1) is 7.63. The van der Waals surface area contributed by atoms with Gasteiger partial charge in [0.1, 0.15) is 5.82 Å². The third-order valence-corrected chi connectivity index (χ3v) is 2.30. The summed E-state index contributed by atoms with van der Waals surface area (Å²) in [6, 6.07) is 6.71. The van der Waals surface area contributed by atoms with Crippen molar-refractivity contribution in [2.75, 3.05) is 13.2 Å². The van der Waals surface area contributed by atoms with Gasteiger partial charge in [-0.15, -0.1) is 0 Å². The van der Waals surface area contributed by atoms with Crippen molar-refractivity contribution in [1.82, 2.24) is 5.32 Å². The molecule has 2 nitrogen and oxygen atoms in total. The second-order valence-corrected chi connectivity index (χ2v) is 4.05. The number of likely N-dealkylation sites (N-methyl/N-ethyl adjacent to an activating group) is 1. The second-order valence-electron chi connectivity index (χ2n) is 4.05. The zero-order chi connectivity index (χ0) is 12.0. The van der Waals surface area contributed by atoms with E-state index in [4.69, 9.17) is 4.74 Å². The lowest BCUT2D eigenvalue weighted by atomic mass is 10.1. The second kappa shape index (κ2) is 6.61. The smallest absolute Gasteiger partial charge is 0.123 e. The number of hydrogen-bond donors (Lipinski definition) is 1. The summed E-state index contributed by atoms with van der Waals surface area (Å²) < 4.78 is 18.7. The summed E-state index contributed by atoms with van der Waals surface area (Å²) in [7, 11) is 0. The number of rotatable bonds is 6. The minimum Gasteiger partial charge on any atom is -0.377 e. The molecule has 0 fully saturated rings. The van der Waals surface area contributed by atoms with Crippen LogP contribution in [0.3, 0.4) is 0 Å². The van der Waals surface area contributed by atoms with Crippen LogP contribution in [0, 0.1) is 5.82 Å². The van der Waals surface area contributed by atoms with E-state index in [1.807, 2.05) is 26.8 Å². The molecule has 1 aromatic carbocycles. The molecule has 0 saturated heterocycles. The Hall–Kier alpha value is -0.930. The standard InChI is InChI=1S/C13H20FNO/c1-4-15-13(9-16-10(2)3)11-6-5-7-12(14)8-11/h5-8,10,13,15H,4,9H2,1-3H3. The Morgan fingerprint density at radius 1 is 1.38 bits per heavy atom. The van der Waals surface area contributed by atoms with Gasteiger partial charge in [0, 0.05) is 0 Å². The van der Waals surface area contributed by atoms with E-state index < -0.39 is 0 Å². The molecule has 0 saturated carbocycles. The molecule has 0 aliphatic rings. The van der Waals surface area contributed by atoms with Gasteiger partial charge in [-0.3, -0.25) is 0 Å². The van der Waals surface area contributed by atoms with E-state index in [1.165, 1.54) is 6.07 Å². The van der Waals surface area contributed by atoms with Crippen LogP contribution in [0.2, 0.25) is 0 Å².